The molecule has 0 bridgehead atoms. The van der Waals surface area contributed by atoms with Crippen LogP contribution in [-0.4, -0.2) is 40.1 Å². The van der Waals surface area contributed by atoms with E-state index in [2.05, 4.69) is 96.2 Å². The Balaban J connectivity index is 3.20. The Bertz CT molecular complexity index is 421. The van der Waals surface area contributed by atoms with E-state index in [1.165, 1.54) is 10.5 Å². The van der Waals surface area contributed by atoms with Gasteiger partial charge in [-0.25, -0.2) is 0 Å². The maximum atomic E-state index is 2.63. The second-order valence-electron chi connectivity index (χ2n) is 7.53. The Morgan fingerprint density at radius 2 is 1.04 bits per heavy atom. The van der Waals surface area contributed by atoms with Crippen molar-refractivity contribution < 1.29 is 0 Å². The van der Waals surface area contributed by atoms with Crippen LogP contribution in [0.4, 0.5) is 0 Å². The molecule has 0 amide bonds. The standard InChI is InChI=1S/C19H35BN2S/c1-14(2)21(15(3)4)20(22(16(5)6)17(7)8)23-19-12-10-18(9)11-13-19/h10-17H,1-9H3. The Labute approximate surface area is 149 Å². The van der Waals surface area contributed by atoms with Gasteiger partial charge < -0.3 is 9.62 Å². The van der Waals surface area contributed by atoms with Gasteiger partial charge in [-0.05, 0) is 48.1 Å². The number of hydrogen-bond donors (Lipinski definition) is 0. The topological polar surface area (TPSA) is 6.48 Å². The van der Waals surface area contributed by atoms with Crippen molar-refractivity contribution in [3.8, 4) is 0 Å². The zero-order chi connectivity index (χ0) is 17.7. The van der Waals surface area contributed by atoms with Gasteiger partial charge in [-0.1, -0.05) is 73.1 Å². The van der Waals surface area contributed by atoms with Crippen LogP contribution in [0.25, 0.3) is 0 Å². The predicted molar refractivity (Wildman–Crippen MR) is 107 cm³/mol. The van der Waals surface area contributed by atoms with Crippen LogP contribution in [-0.2, 0) is 0 Å². The largest absolute Gasteiger partial charge is 0.387 e. The van der Waals surface area contributed by atoms with Crippen LogP contribution < -0.4 is 0 Å². The van der Waals surface area contributed by atoms with E-state index in [1.54, 1.807) is 0 Å². The van der Waals surface area contributed by atoms with Crippen molar-refractivity contribution >= 4 is 17.9 Å². The van der Waals surface area contributed by atoms with Gasteiger partial charge in [0, 0.05) is 0 Å². The van der Waals surface area contributed by atoms with Crippen molar-refractivity contribution in [3.63, 3.8) is 0 Å². The number of rotatable bonds is 8. The minimum Gasteiger partial charge on any atom is -0.314 e. The lowest BCUT2D eigenvalue weighted by Gasteiger charge is -2.44. The summed E-state index contributed by atoms with van der Waals surface area (Å²) in [4.78, 5) is 6.60. The van der Waals surface area contributed by atoms with Gasteiger partial charge in [-0.3, -0.25) is 0 Å². The molecular formula is C19H35BN2S. The van der Waals surface area contributed by atoms with Crippen LogP contribution in [0.5, 0.6) is 0 Å². The molecule has 1 aromatic carbocycles. The molecular weight excluding hydrogens is 299 g/mol. The molecule has 0 aromatic heterocycles. The zero-order valence-corrected chi connectivity index (χ0v) is 17.3. The highest BCUT2D eigenvalue weighted by Gasteiger charge is 2.37. The Kier molecular flexibility index (Phi) is 8.19. The molecule has 1 aromatic rings. The first kappa shape index (κ1) is 20.6. The van der Waals surface area contributed by atoms with Gasteiger partial charge in [0.25, 0.3) is 0 Å². The third-order valence-corrected chi connectivity index (χ3v) is 5.40. The van der Waals surface area contributed by atoms with Crippen LogP contribution in [0.3, 0.4) is 0 Å². The third-order valence-electron chi connectivity index (χ3n) is 4.16. The average Bonchev–Trinajstić information content (AvgIpc) is 2.39. The minimum absolute atomic E-state index is 0.345. The van der Waals surface area contributed by atoms with Crippen molar-refractivity contribution in [3.05, 3.63) is 29.8 Å². The summed E-state index contributed by atoms with van der Waals surface area (Å²) in [5, 5.41) is 0. The maximum absolute atomic E-state index is 2.63. The molecule has 0 aliphatic rings. The summed E-state index contributed by atoms with van der Waals surface area (Å²) < 4.78 is 0. The smallest absolute Gasteiger partial charge is 0.314 e. The predicted octanol–water partition coefficient (Wildman–Crippen LogP) is 5.31. The van der Waals surface area contributed by atoms with Gasteiger partial charge in [0.2, 0.25) is 0 Å². The third kappa shape index (κ3) is 5.84. The van der Waals surface area contributed by atoms with Gasteiger partial charge in [0.05, 0.1) is 0 Å². The summed E-state index contributed by atoms with van der Waals surface area (Å²) in [5.74, 6) is 0. The molecule has 0 aliphatic heterocycles. The summed E-state index contributed by atoms with van der Waals surface area (Å²) in [6.07, 6.45) is 0.345. The number of hydrogen-bond acceptors (Lipinski definition) is 3. The van der Waals surface area contributed by atoms with Gasteiger partial charge in [-0.15, -0.1) is 11.6 Å². The molecule has 0 heterocycles. The fourth-order valence-electron chi connectivity index (χ4n) is 3.23. The molecule has 1 rings (SSSR count). The van der Waals surface area contributed by atoms with E-state index in [4.69, 9.17) is 0 Å². The van der Waals surface area contributed by atoms with E-state index in [0.29, 0.717) is 30.4 Å². The fraction of sp³-hybridized carbons (Fsp3) is 0.684. The first-order chi connectivity index (χ1) is 10.6. The van der Waals surface area contributed by atoms with Crippen molar-refractivity contribution in [2.45, 2.75) is 91.4 Å². The van der Waals surface area contributed by atoms with Crippen LogP contribution >= 0.6 is 11.6 Å². The van der Waals surface area contributed by atoms with E-state index < -0.39 is 0 Å². The molecule has 0 unspecified atom stereocenters. The molecule has 0 atom stereocenters. The van der Waals surface area contributed by atoms with Gasteiger partial charge in [0.1, 0.15) is 0 Å². The van der Waals surface area contributed by atoms with Gasteiger partial charge in [0.15, 0.2) is 0 Å². The van der Waals surface area contributed by atoms with E-state index in [9.17, 15) is 0 Å². The highest BCUT2D eigenvalue weighted by molar-refractivity contribution is 8.24. The first-order valence-electron chi connectivity index (χ1n) is 8.93. The Morgan fingerprint density at radius 1 is 0.696 bits per heavy atom. The molecule has 0 spiro atoms. The minimum atomic E-state index is 0.345. The average molecular weight is 334 g/mol. The molecule has 0 saturated carbocycles. The van der Waals surface area contributed by atoms with E-state index in [0.717, 1.165) is 0 Å². The van der Waals surface area contributed by atoms with Crippen molar-refractivity contribution in [1.29, 1.82) is 0 Å². The molecule has 2 nitrogen and oxygen atoms in total. The van der Waals surface area contributed by atoms with E-state index in [1.807, 2.05) is 11.6 Å². The molecule has 130 valence electrons. The number of benzene rings is 1. The number of nitrogens with zero attached hydrogens (tertiary/aromatic N) is 2. The summed E-state index contributed by atoms with van der Waals surface area (Å²) in [7, 11) is 0. The van der Waals surface area contributed by atoms with E-state index in [-0.39, 0.29) is 0 Å². The molecule has 23 heavy (non-hydrogen) atoms. The van der Waals surface area contributed by atoms with Crippen LogP contribution in [0.2, 0.25) is 0 Å². The molecule has 0 aliphatic carbocycles. The lowest BCUT2D eigenvalue weighted by Crippen LogP contribution is -2.60. The maximum Gasteiger partial charge on any atom is 0.387 e. The van der Waals surface area contributed by atoms with Crippen molar-refractivity contribution in [2.24, 2.45) is 0 Å². The van der Waals surface area contributed by atoms with Gasteiger partial charge in [-0.2, -0.15) is 0 Å². The molecule has 0 fully saturated rings. The second-order valence-corrected chi connectivity index (χ2v) is 8.66. The molecule has 0 saturated heterocycles. The summed E-state index contributed by atoms with van der Waals surface area (Å²) >= 11 is 1.98. The lowest BCUT2D eigenvalue weighted by molar-refractivity contribution is 0.233. The second kappa shape index (κ2) is 9.15. The van der Waals surface area contributed by atoms with Crippen LogP contribution in [0.15, 0.2) is 29.2 Å². The molecule has 0 N–H and O–H groups in total. The van der Waals surface area contributed by atoms with E-state index >= 15 is 0 Å². The number of aryl methyl sites for hydroxylation is 1. The Hall–Kier alpha value is -0.445. The van der Waals surface area contributed by atoms with Gasteiger partial charge >= 0.3 is 6.26 Å². The highest BCUT2D eigenvalue weighted by atomic mass is 32.2. The molecule has 0 radical (unpaired) electrons. The highest BCUT2D eigenvalue weighted by Crippen LogP contribution is 2.30. The summed E-state index contributed by atoms with van der Waals surface area (Å²) in [6.45, 7) is 20.6. The normalized spacial score (nSPS) is 12.5. The SMILES string of the molecule is Cc1ccc(SB(N(C(C)C)C(C)C)N(C(C)C)C(C)C)cc1. The molecule has 4 heteroatoms. The fourth-order valence-corrected chi connectivity index (χ4v) is 4.98. The quantitative estimate of drug-likeness (QED) is 0.595. The lowest BCUT2D eigenvalue weighted by atomic mass is 9.91. The summed E-state index contributed by atoms with van der Waals surface area (Å²) in [6, 6.07) is 11.0. The monoisotopic (exact) mass is 334 g/mol. The summed E-state index contributed by atoms with van der Waals surface area (Å²) in [5.41, 5.74) is 1.32. The van der Waals surface area contributed by atoms with Crippen LogP contribution in [0, 0.1) is 6.92 Å². The van der Waals surface area contributed by atoms with Crippen LogP contribution in [0.1, 0.15) is 61.0 Å². The zero-order valence-electron chi connectivity index (χ0n) is 16.5. The van der Waals surface area contributed by atoms with Crippen molar-refractivity contribution in [1.82, 2.24) is 9.62 Å². The Morgan fingerprint density at radius 3 is 1.35 bits per heavy atom. The van der Waals surface area contributed by atoms with Crippen molar-refractivity contribution in [2.75, 3.05) is 0 Å². The first-order valence-corrected chi connectivity index (χ1v) is 9.81.